The second-order valence-electron chi connectivity index (χ2n) is 5.53. The molecule has 0 N–H and O–H groups in total. The Morgan fingerprint density at radius 3 is 2.90 bits per heavy atom. The molecule has 3 heterocycles. The maximum absolute atomic E-state index is 11.3. The maximum Gasteiger partial charge on any atom is 0.347 e. The summed E-state index contributed by atoms with van der Waals surface area (Å²) in [6.07, 6.45) is 8.65. The zero-order valence-electron chi connectivity index (χ0n) is 11.9. The molecule has 0 saturated carbocycles. The Labute approximate surface area is 117 Å². The van der Waals surface area contributed by atoms with Crippen molar-refractivity contribution in [3.8, 4) is 0 Å². The average molecular weight is 273 g/mol. The normalized spacial score (nSPS) is 19.6. The van der Waals surface area contributed by atoms with E-state index in [4.69, 9.17) is 0 Å². The molecule has 20 heavy (non-hydrogen) atoms. The summed E-state index contributed by atoms with van der Waals surface area (Å²) >= 11 is 0. The molecule has 1 saturated heterocycles. The van der Waals surface area contributed by atoms with Crippen LogP contribution in [0.2, 0.25) is 0 Å². The van der Waals surface area contributed by atoms with Gasteiger partial charge < -0.3 is 4.57 Å². The van der Waals surface area contributed by atoms with E-state index in [0.717, 1.165) is 31.6 Å². The molecule has 1 aliphatic rings. The van der Waals surface area contributed by atoms with E-state index in [-0.39, 0.29) is 5.69 Å². The number of hydrogen-bond donors (Lipinski definition) is 0. The molecule has 0 amide bonds. The van der Waals surface area contributed by atoms with Crippen LogP contribution in [0.4, 0.5) is 0 Å². The summed E-state index contributed by atoms with van der Waals surface area (Å²) in [5, 5.41) is 4.40. The molecule has 6 heteroatoms. The van der Waals surface area contributed by atoms with Gasteiger partial charge in [-0.25, -0.2) is 9.78 Å². The zero-order chi connectivity index (χ0) is 14.1. The van der Waals surface area contributed by atoms with Gasteiger partial charge in [0.05, 0.1) is 12.2 Å². The van der Waals surface area contributed by atoms with E-state index in [9.17, 15) is 4.79 Å². The third kappa shape index (κ3) is 2.65. The lowest BCUT2D eigenvalue weighted by Crippen LogP contribution is -2.24. The van der Waals surface area contributed by atoms with Crippen LogP contribution in [-0.2, 0) is 13.6 Å². The molecule has 0 spiro atoms. The van der Waals surface area contributed by atoms with E-state index in [1.54, 1.807) is 13.2 Å². The Balaban J connectivity index is 1.65. The standard InChI is InChI=1S/C14H19N5O/c1-11-5-16-19(7-11)13-3-4-18(10-13)9-12-6-15-14(20)17(2)8-12/h5-8,13H,3-4,9-10H2,1-2H3. The summed E-state index contributed by atoms with van der Waals surface area (Å²) in [5.74, 6) is 0. The third-order valence-electron chi connectivity index (χ3n) is 3.76. The van der Waals surface area contributed by atoms with Crippen molar-refractivity contribution in [2.24, 2.45) is 7.05 Å². The molecule has 2 aromatic heterocycles. The fourth-order valence-electron chi connectivity index (χ4n) is 2.71. The van der Waals surface area contributed by atoms with E-state index in [1.165, 1.54) is 10.1 Å². The summed E-state index contributed by atoms with van der Waals surface area (Å²) in [7, 11) is 1.73. The Hall–Kier alpha value is -1.95. The van der Waals surface area contributed by atoms with Gasteiger partial charge in [-0.2, -0.15) is 5.10 Å². The summed E-state index contributed by atoms with van der Waals surface area (Å²) in [5.41, 5.74) is 2.06. The summed E-state index contributed by atoms with van der Waals surface area (Å²) < 4.78 is 3.59. The van der Waals surface area contributed by atoms with Crippen molar-refractivity contribution in [2.75, 3.05) is 13.1 Å². The smallest absolute Gasteiger partial charge is 0.302 e. The van der Waals surface area contributed by atoms with Crippen molar-refractivity contribution in [3.63, 3.8) is 0 Å². The van der Waals surface area contributed by atoms with E-state index in [1.807, 2.05) is 12.4 Å². The quantitative estimate of drug-likeness (QED) is 0.827. The average Bonchev–Trinajstić information content (AvgIpc) is 3.03. The van der Waals surface area contributed by atoms with Crippen LogP contribution in [0.3, 0.4) is 0 Å². The molecule has 0 bridgehead atoms. The minimum atomic E-state index is -0.208. The van der Waals surface area contributed by atoms with Crippen LogP contribution in [0, 0.1) is 6.92 Å². The maximum atomic E-state index is 11.3. The van der Waals surface area contributed by atoms with Gasteiger partial charge in [0.15, 0.2) is 0 Å². The van der Waals surface area contributed by atoms with Crippen LogP contribution >= 0.6 is 0 Å². The molecule has 1 fully saturated rings. The van der Waals surface area contributed by atoms with Crippen LogP contribution in [0.5, 0.6) is 0 Å². The van der Waals surface area contributed by atoms with Crippen molar-refractivity contribution in [1.29, 1.82) is 0 Å². The second-order valence-corrected chi connectivity index (χ2v) is 5.53. The zero-order valence-corrected chi connectivity index (χ0v) is 11.9. The molecule has 2 aromatic rings. The number of nitrogens with zero attached hydrogens (tertiary/aromatic N) is 5. The first kappa shape index (κ1) is 13.1. The van der Waals surface area contributed by atoms with Crippen LogP contribution in [0.15, 0.2) is 29.6 Å². The highest BCUT2D eigenvalue weighted by atomic mass is 16.1. The van der Waals surface area contributed by atoms with E-state index in [2.05, 4.69) is 32.8 Å². The molecule has 0 radical (unpaired) electrons. The van der Waals surface area contributed by atoms with Crippen molar-refractivity contribution in [2.45, 2.75) is 25.9 Å². The molecule has 0 aromatic carbocycles. The van der Waals surface area contributed by atoms with Gasteiger partial charge in [0.1, 0.15) is 0 Å². The largest absolute Gasteiger partial charge is 0.347 e. The second kappa shape index (κ2) is 5.20. The minimum absolute atomic E-state index is 0.208. The highest BCUT2D eigenvalue weighted by molar-refractivity contribution is 5.05. The Kier molecular flexibility index (Phi) is 3.40. The highest BCUT2D eigenvalue weighted by Gasteiger charge is 2.24. The number of aromatic nitrogens is 4. The van der Waals surface area contributed by atoms with Crippen molar-refractivity contribution >= 4 is 0 Å². The monoisotopic (exact) mass is 273 g/mol. The molecule has 1 atom stereocenters. The summed E-state index contributed by atoms with van der Waals surface area (Å²) in [6, 6.07) is 0.448. The van der Waals surface area contributed by atoms with Crippen LogP contribution < -0.4 is 5.69 Å². The first-order chi connectivity index (χ1) is 9.61. The number of likely N-dealkylation sites (tertiary alicyclic amines) is 1. The molecule has 0 aliphatic carbocycles. The number of hydrogen-bond acceptors (Lipinski definition) is 4. The van der Waals surface area contributed by atoms with Crippen molar-refractivity contribution < 1.29 is 0 Å². The molecule has 106 valence electrons. The molecule has 3 rings (SSSR count). The van der Waals surface area contributed by atoms with Crippen molar-refractivity contribution in [3.05, 3.63) is 46.4 Å². The Bertz CT molecular complexity index is 660. The Morgan fingerprint density at radius 1 is 1.35 bits per heavy atom. The van der Waals surface area contributed by atoms with E-state index in [0.29, 0.717) is 6.04 Å². The summed E-state index contributed by atoms with van der Waals surface area (Å²) in [4.78, 5) is 17.5. The van der Waals surface area contributed by atoms with Gasteiger partial charge in [0.2, 0.25) is 0 Å². The van der Waals surface area contributed by atoms with Gasteiger partial charge in [0.25, 0.3) is 0 Å². The van der Waals surface area contributed by atoms with Crippen molar-refractivity contribution in [1.82, 2.24) is 24.2 Å². The fraction of sp³-hybridized carbons (Fsp3) is 0.500. The van der Waals surface area contributed by atoms with Gasteiger partial charge >= 0.3 is 5.69 Å². The van der Waals surface area contributed by atoms with Gasteiger partial charge in [-0.05, 0) is 18.9 Å². The van der Waals surface area contributed by atoms with Crippen LogP contribution in [0.25, 0.3) is 0 Å². The predicted molar refractivity (Wildman–Crippen MR) is 75.4 cm³/mol. The lowest BCUT2D eigenvalue weighted by Gasteiger charge is -2.16. The van der Waals surface area contributed by atoms with E-state index >= 15 is 0 Å². The fourth-order valence-corrected chi connectivity index (χ4v) is 2.71. The number of aryl methyl sites for hydroxylation is 2. The molecule has 6 nitrogen and oxygen atoms in total. The molecule has 1 unspecified atom stereocenters. The van der Waals surface area contributed by atoms with Crippen LogP contribution in [-0.4, -0.2) is 37.3 Å². The van der Waals surface area contributed by atoms with Gasteiger partial charge in [-0.3, -0.25) is 9.58 Å². The Morgan fingerprint density at radius 2 is 2.20 bits per heavy atom. The third-order valence-corrected chi connectivity index (χ3v) is 3.76. The topological polar surface area (TPSA) is 56.0 Å². The molecular weight excluding hydrogens is 254 g/mol. The van der Waals surface area contributed by atoms with E-state index < -0.39 is 0 Å². The predicted octanol–water partition coefficient (Wildman–Crippen LogP) is 0.732. The SMILES string of the molecule is Cc1cnn(C2CCN(Cc3cnc(=O)n(C)c3)C2)c1. The van der Waals surface area contributed by atoms with Gasteiger partial charge in [0, 0.05) is 50.8 Å². The van der Waals surface area contributed by atoms with Gasteiger partial charge in [-0.1, -0.05) is 0 Å². The lowest BCUT2D eigenvalue weighted by atomic mass is 10.3. The molecular formula is C14H19N5O. The number of rotatable bonds is 3. The summed E-state index contributed by atoms with van der Waals surface area (Å²) in [6.45, 7) is 4.93. The molecule has 1 aliphatic heterocycles. The first-order valence-corrected chi connectivity index (χ1v) is 6.86. The minimum Gasteiger partial charge on any atom is -0.302 e. The highest BCUT2D eigenvalue weighted by Crippen LogP contribution is 2.22. The van der Waals surface area contributed by atoms with Crippen LogP contribution in [0.1, 0.15) is 23.6 Å². The lowest BCUT2D eigenvalue weighted by molar-refractivity contribution is 0.310. The first-order valence-electron chi connectivity index (χ1n) is 6.86. The van der Waals surface area contributed by atoms with Gasteiger partial charge in [-0.15, -0.1) is 0 Å².